The summed E-state index contributed by atoms with van der Waals surface area (Å²) in [5, 5.41) is 5.00. The second kappa shape index (κ2) is 5.28. The molecule has 3 rings (SSSR count). The Morgan fingerprint density at radius 2 is 2.06 bits per heavy atom. The second-order valence-electron chi connectivity index (χ2n) is 5.27. The van der Waals surface area contributed by atoms with Crippen LogP contribution in [0.3, 0.4) is 0 Å². The van der Waals surface area contributed by atoms with E-state index in [0.717, 1.165) is 37.7 Å². The summed E-state index contributed by atoms with van der Waals surface area (Å²) in [5.74, 6) is 0.864. The highest BCUT2D eigenvalue weighted by atomic mass is 35.5. The van der Waals surface area contributed by atoms with E-state index in [1.807, 2.05) is 12.1 Å². The van der Waals surface area contributed by atoms with E-state index in [1.165, 1.54) is 12.8 Å². The van der Waals surface area contributed by atoms with Crippen molar-refractivity contribution in [2.45, 2.75) is 25.3 Å². The number of anilines is 1. The van der Waals surface area contributed by atoms with Crippen molar-refractivity contribution < 1.29 is 0 Å². The SMILES string of the molecule is Clc1cccc(N2CCCNC(C3CC3)C2)c1Cl. The molecule has 0 spiro atoms. The maximum Gasteiger partial charge on any atom is 0.0825 e. The monoisotopic (exact) mass is 284 g/mol. The number of benzene rings is 1. The van der Waals surface area contributed by atoms with Gasteiger partial charge in [0.2, 0.25) is 0 Å². The third-order valence-electron chi connectivity index (χ3n) is 3.89. The van der Waals surface area contributed by atoms with Crippen molar-refractivity contribution in [3.8, 4) is 0 Å². The first-order chi connectivity index (χ1) is 8.75. The van der Waals surface area contributed by atoms with Crippen LogP contribution in [0, 0.1) is 5.92 Å². The van der Waals surface area contributed by atoms with Crippen molar-refractivity contribution in [2.24, 2.45) is 5.92 Å². The van der Waals surface area contributed by atoms with Crippen LogP contribution >= 0.6 is 23.2 Å². The fourth-order valence-corrected chi connectivity index (χ4v) is 3.14. The van der Waals surface area contributed by atoms with Crippen LogP contribution in [-0.2, 0) is 0 Å². The van der Waals surface area contributed by atoms with E-state index in [2.05, 4.69) is 16.3 Å². The predicted molar refractivity (Wildman–Crippen MR) is 77.8 cm³/mol. The van der Waals surface area contributed by atoms with Gasteiger partial charge in [-0.1, -0.05) is 29.3 Å². The Bertz CT molecular complexity index is 432. The lowest BCUT2D eigenvalue weighted by atomic mass is 10.1. The van der Waals surface area contributed by atoms with Gasteiger partial charge < -0.3 is 10.2 Å². The Hall–Kier alpha value is -0.440. The zero-order valence-electron chi connectivity index (χ0n) is 10.3. The smallest absolute Gasteiger partial charge is 0.0825 e. The number of hydrogen-bond donors (Lipinski definition) is 1. The molecule has 1 unspecified atom stereocenters. The minimum atomic E-state index is 0.613. The molecule has 1 saturated heterocycles. The third kappa shape index (κ3) is 2.61. The molecule has 1 aromatic rings. The lowest BCUT2D eigenvalue weighted by Crippen LogP contribution is -2.39. The second-order valence-corrected chi connectivity index (χ2v) is 6.06. The van der Waals surface area contributed by atoms with Crippen molar-refractivity contribution >= 4 is 28.9 Å². The number of halogens is 2. The van der Waals surface area contributed by atoms with Crippen molar-refractivity contribution in [3.05, 3.63) is 28.2 Å². The molecule has 0 aromatic heterocycles. The van der Waals surface area contributed by atoms with Crippen LogP contribution in [0.25, 0.3) is 0 Å². The number of nitrogens with one attached hydrogen (secondary N) is 1. The first kappa shape index (κ1) is 12.6. The van der Waals surface area contributed by atoms with Crippen LogP contribution in [0.2, 0.25) is 10.0 Å². The first-order valence-electron chi connectivity index (χ1n) is 6.68. The molecule has 1 aliphatic carbocycles. The Kier molecular flexibility index (Phi) is 3.69. The summed E-state index contributed by atoms with van der Waals surface area (Å²) in [4.78, 5) is 2.39. The summed E-state index contributed by atoms with van der Waals surface area (Å²) < 4.78 is 0. The highest BCUT2D eigenvalue weighted by Crippen LogP contribution is 2.36. The molecule has 0 bridgehead atoms. The zero-order chi connectivity index (χ0) is 12.5. The van der Waals surface area contributed by atoms with Crippen LogP contribution in [0.1, 0.15) is 19.3 Å². The zero-order valence-corrected chi connectivity index (χ0v) is 11.8. The van der Waals surface area contributed by atoms with E-state index >= 15 is 0 Å². The van der Waals surface area contributed by atoms with E-state index in [9.17, 15) is 0 Å². The van der Waals surface area contributed by atoms with Crippen molar-refractivity contribution in [1.29, 1.82) is 0 Å². The van der Waals surface area contributed by atoms with E-state index in [4.69, 9.17) is 23.2 Å². The molecule has 4 heteroatoms. The molecule has 98 valence electrons. The summed E-state index contributed by atoms with van der Waals surface area (Å²) in [7, 11) is 0. The summed E-state index contributed by atoms with van der Waals surface area (Å²) in [6.45, 7) is 3.21. The lowest BCUT2D eigenvalue weighted by molar-refractivity contribution is 0.490. The average Bonchev–Trinajstić information content (AvgIpc) is 3.16. The van der Waals surface area contributed by atoms with Gasteiger partial charge in [-0.25, -0.2) is 0 Å². The van der Waals surface area contributed by atoms with E-state index in [-0.39, 0.29) is 0 Å². The van der Waals surface area contributed by atoms with Crippen LogP contribution in [-0.4, -0.2) is 25.7 Å². The van der Waals surface area contributed by atoms with Gasteiger partial charge in [0.1, 0.15) is 0 Å². The standard InChI is InChI=1S/C14H18Cl2N2/c15-11-3-1-4-13(14(11)16)18-8-2-7-17-12(9-18)10-5-6-10/h1,3-4,10,12,17H,2,5-9H2. The van der Waals surface area contributed by atoms with Gasteiger partial charge >= 0.3 is 0 Å². The Balaban J connectivity index is 1.82. The molecular formula is C14H18Cl2N2. The van der Waals surface area contributed by atoms with Crippen LogP contribution < -0.4 is 10.2 Å². The van der Waals surface area contributed by atoms with E-state index in [0.29, 0.717) is 16.1 Å². The maximum absolute atomic E-state index is 6.33. The molecule has 1 N–H and O–H groups in total. The lowest BCUT2D eigenvalue weighted by Gasteiger charge is -2.27. The van der Waals surface area contributed by atoms with E-state index < -0.39 is 0 Å². The number of hydrogen-bond acceptors (Lipinski definition) is 2. The molecule has 1 aromatic carbocycles. The quantitative estimate of drug-likeness (QED) is 0.893. The molecule has 1 aliphatic heterocycles. The van der Waals surface area contributed by atoms with Gasteiger partial charge in [0.05, 0.1) is 15.7 Å². The molecular weight excluding hydrogens is 267 g/mol. The van der Waals surface area contributed by atoms with Gasteiger partial charge in [0, 0.05) is 19.1 Å². The van der Waals surface area contributed by atoms with Crippen molar-refractivity contribution in [2.75, 3.05) is 24.5 Å². The average molecular weight is 285 g/mol. The van der Waals surface area contributed by atoms with Gasteiger partial charge in [0.15, 0.2) is 0 Å². The van der Waals surface area contributed by atoms with Crippen molar-refractivity contribution in [1.82, 2.24) is 5.32 Å². The summed E-state index contributed by atoms with van der Waals surface area (Å²) in [6, 6.07) is 6.52. The van der Waals surface area contributed by atoms with Crippen LogP contribution in [0.5, 0.6) is 0 Å². The molecule has 2 aliphatic rings. The van der Waals surface area contributed by atoms with Gasteiger partial charge in [0.25, 0.3) is 0 Å². The van der Waals surface area contributed by atoms with Gasteiger partial charge in [-0.15, -0.1) is 0 Å². The Labute approximate surface area is 118 Å². The third-order valence-corrected chi connectivity index (χ3v) is 4.70. The summed E-state index contributed by atoms with van der Waals surface area (Å²) in [6.07, 6.45) is 3.90. The molecule has 2 nitrogen and oxygen atoms in total. The van der Waals surface area contributed by atoms with E-state index in [1.54, 1.807) is 0 Å². The molecule has 2 fully saturated rings. The molecule has 0 radical (unpaired) electrons. The minimum absolute atomic E-state index is 0.613. The Morgan fingerprint density at radius 1 is 1.22 bits per heavy atom. The predicted octanol–water partition coefficient (Wildman–Crippen LogP) is 3.57. The molecule has 0 amide bonds. The topological polar surface area (TPSA) is 15.3 Å². The summed E-state index contributed by atoms with van der Waals surface area (Å²) in [5.41, 5.74) is 1.08. The van der Waals surface area contributed by atoms with Gasteiger partial charge in [-0.05, 0) is 43.9 Å². The normalized spacial score (nSPS) is 25.0. The minimum Gasteiger partial charge on any atom is -0.369 e. The molecule has 1 saturated carbocycles. The largest absolute Gasteiger partial charge is 0.369 e. The maximum atomic E-state index is 6.33. The fourth-order valence-electron chi connectivity index (χ4n) is 2.72. The molecule has 1 heterocycles. The van der Waals surface area contributed by atoms with Crippen molar-refractivity contribution in [3.63, 3.8) is 0 Å². The van der Waals surface area contributed by atoms with Crippen LogP contribution in [0.4, 0.5) is 5.69 Å². The number of rotatable bonds is 2. The summed E-state index contributed by atoms with van der Waals surface area (Å²) >= 11 is 12.4. The highest BCUT2D eigenvalue weighted by molar-refractivity contribution is 6.43. The van der Waals surface area contributed by atoms with Gasteiger partial charge in [-0.2, -0.15) is 0 Å². The molecule has 1 atom stereocenters. The molecule has 18 heavy (non-hydrogen) atoms. The number of nitrogens with zero attached hydrogens (tertiary/aromatic N) is 1. The first-order valence-corrected chi connectivity index (χ1v) is 7.43. The van der Waals surface area contributed by atoms with Crippen LogP contribution in [0.15, 0.2) is 18.2 Å². The highest BCUT2D eigenvalue weighted by Gasteiger charge is 2.33. The fraction of sp³-hybridized carbons (Fsp3) is 0.571. The Morgan fingerprint density at radius 3 is 2.83 bits per heavy atom. The van der Waals surface area contributed by atoms with Gasteiger partial charge in [-0.3, -0.25) is 0 Å².